The second kappa shape index (κ2) is 6.89. The van der Waals surface area contributed by atoms with Crippen molar-refractivity contribution in [1.29, 1.82) is 0 Å². The van der Waals surface area contributed by atoms with Crippen molar-refractivity contribution >= 4 is 11.8 Å². The molecule has 0 N–H and O–H groups in total. The summed E-state index contributed by atoms with van der Waals surface area (Å²) in [5.41, 5.74) is 1.31. The van der Waals surface area contributed by atoms with Crippen molar-refractivity contribution in [2.75, 3.05) is 38.6 Å². The predicted octanol–water partition coefficient (Wildman–Crippen LogP) is 1.65. The number of ether oxygens (including phenoxy) is 1. The summed E-state index contributed by atoms with van der Waals surface area (Å²) in [6.07, 6.45) is 3.77. The molecular weight excluding hydrogens is 220 g/mol. The lowest BCUT2D eigenvalue weighted by atomic mass is 10.3. The monoisotopic (exact) mass is 238 g/mol. The lowest BCUT2D eigenvalue weighted by molar-refractivity contribution is 0.0410. The molecule has 1 aromatic heterocycles. The number of thioether (sulfide) groups is 1. The van der Waals surface area contributed by atoms with Gasteiger partial charge in [0.1, 0.15) is 0 Å². The summed E-state index contributed by atoms with van der Waals surface area (Å²) >= 11 is 1.98. The number of hydrogen-bond acceptors (Lipinski definition) is 4. The molecule has 0 spiro atoms. The van der Waals surface area contributed by atoms with E-state index < -0.39 is 0 Å². The lowest BCUT2D eigenvalue weighted by Crippen LogP contribution is -2.37. The van der Waals surface area contributed by atoms with Crippen molar-refractivity contribution in [2.45, 2.75) is 5.75 Å². The third-order valence-corrected chi connectivity index (χ3v) is 3.66. The molecule has 0 amide bonds. The second-order valence-electron chi connectivity index (χ2n) is 3.87. The number of hydrogen-bond donors (Lipinski definition) is 0. The molecule has 0 radical (unpaired) electrons. The van der Waals surface area contributed by atoms with Crippen LogP contribution in [0, 0.1) is 0 Å². The van der Waals surface area contributed by atoms with Crippen LogP contribution in [-0.2, 0) is 10.5 Å². The Morgan fingerprint density at radius 1 is 1.38 bits per heavy atom. The van der Waals surface area contributed by atoms with Crippen molar-refractivity contribution in [2.24, 2.45) is 0 Å². The van der Waals surface area contributed by atoms with E-state index in [-0.39, 0.29) is 0 Å². The first-order valence-corrected chi connectivity index (χ1v) is 6.87. The van der Waals surface area contributed by atoms with E-state index in [2.05, 4.69) is 16.0 Å². The molecule has 2 heterocycles. The number of rotatable bonds is 5. The molecule has 1 aromatic rings. The fraction of sp³-hybridized carbons (Fsp3) is 0.583. The van der Waals surface area contributed by atoms with E-state index in [9.17, 15) is 0 Å². The van der Waals surface area contributed by atoms with E-state index in [0.29, 0.717) is 0 Å². The van der Waals surface area contributed by atoms with Crippen LogP contribution in [0.25, 0.3) is 0 Å². The van der Waals surface area contributed by atoms with Crippen molar-refractivity contribution < 1.29 is 4.74 Å². The number of pyridine rings is 1. The van der Waals surface area contributed by atoms with Gasteiger partial charge in [-0.3, -0.25) is 9.88 Å². The van der Waals surface area contributed by atoms with Gasteiger partial charge in [0.25, 0.3) is 0 Å². The average Bonchev–Trinajstić information content (AvgIpc) is 2.37. The fourth-order valence-corrected chi connectivity index (χ4v) is 2.63. The molecule has 1 saturated heterocycles. The zero-order valence-corrected chi connectivity index (χ0v) is 10.3. The summed E-state index contributed by atoms with van der Waals surface area (Å²) in [6, 6.07) is 4.13. The van der Waals surface area contributed by atoms with Crippen LogP contribution in [0.3, 0.4) is 0 Å². The molecular formula is C12H18N2OS. The molecule has 1 fully saturated rings. The standard InChI is InChI=1S/C12H18N2OS/c1-2-12(10-13-3-1)11-16-9-6-14-4-7-15-8-5-14/h1-3,10H,4-9,11H2. The molecule has 0 unspecified atom stereocenters. The van der Waals surface area contributed by atoms with Gasteiger partial charge in [-0.25, -0.2) is 0 Å². The molecule has 16 heavy (non-hydrogen) atoms. The zero-order chi connectivity index (χ0) is 11.1. The predicted molar refractivity (Wildman–Crippen MR) is 67.7 cm³/mol. The maximum atomic E-state index is 5.32. The van der Waals surface area contributed by atoms with E-state index in [1.165, 1.54) is 17.9 Å². The minimum Gasteiger partial charge on any atom is -0.379 e. The molecule has 1 aliphatic heterocycles. The number of nitrogens with zero attached hydrogens (tertiary/aromatic N) is 2. The van der Waals surface area contributed by atoms with Crippen molar-refractivity contribution in [3.63, 3.8) is 0 Å². The van der Waals surface area contributed by atoms with Crippen LogP contribution in [0.4, 0.5) is 0 Å². The van der Waals surface area contributed by atoms with Crippen molar-refractivity contribution in [3.8, 4) is 0 Å². The normalized spacial score (nSPS) is 17.5. The van der Waals surface area contributed by atoms with Crippen LogP contribution >= 0.6 is 11.8 Å². The molecule has 4 heteroatoms. The molecule has 1 aliphatic rings. The minimum atomic E-state index is 0.896. The highest BCUT2D eigenvalue weighted by atomic mass is 32.2. The Hall–Kier alpha value is -0.580. The van der Waals surface area contributed by atoms with Crippen LogP contribution in [-0.4, -0.2) is 48.5 Å². The average molecular weight is 238 g/mol. The Kier molecular flexibility index (Phi) is 5.12. The smallest absolute Gasteiger partial charge is 0.0594 e. The summed E-state index contributed by atoms with van der Waals surface area (Å²) in [5, 5.41) is 0. The van der Waals surface area contributed by atoms with Gasteiger partial charge in [-0.05, 0) is 11.6 Å². The highest BCUT2D eigenvalue weighted by Crippen LogP contribution is 2.11. The van der Waals surface area contributed by atoms with E-state index in [1.807, 2.05) is 30.2 Å². The summed E-state index contributed by atoms with van der Waals surface area (Å²) in [4.78, 5) is 6.58. The maximum Gasteiger partial charge on any atom is 0.0594 e. The molecule has 0 atom stereocenters. The maximum absolute atomic E-state index is 5.32. The molecule has 88 valence electrons. The van der Waals surface area contributed by atoms with Gasteiger partial charge >= 0.3 is 0 Å². The van der Waals surface area contributed by atoms with Crippen LogP contribution in [0.1, 0.15) is 5.56 Å². The molecule has 0 aliphatic carbocycles. The third kappa shape index (κ3) is 4.12. The van der Waals surface area contributed by atoms with Gasteiger partial charge in [0, 0.05) is 43.5 Å². The van der Waals surface area contributed by atoms with E-state index in [0.717, 1.165) is 32.1 Å². The van der Waals surface area contributed by atoms with Gasteiger partial charge in [0.2, 0.25) is 0 Å². The van der Waals surface area contributed by atoms with Gasteiger partial charge in [-0.2, -0.15) is 11.8 Å². The highest BCUT2D eigenvalue weighted by Gasteiger charge is 2.09. The highest BCUT2D eigenvalue weighted by molar-refractivity contribution is 7.98. The first kappa shape index (κ1) is 11.9. The first-order valence-electron chi connectivity index (χ1n) is 5.72. The Morgan fingerprint density at radius 2 is 2.25 bits per heavy atom. The van der Waals surface area contributed by atoms with Gasteiger partial charge in [-0.1, -0.05) is 6.07 Å². The zero-order valence-electron chi connectivity index (χ0n) is 9.47. The molecule has 2 rings (SSSR count). The van der Waals surface area contributed by atoms with Gasteiger partial charge in [0.05, 0.1) is 13.2 Å². The summed E-state index contributed by atoms with van der Waals surface area (Å²) < 4.78 is 5.32. The molecule has 0 bridgehead atoms. The SMILES string of the molecule is c1cncc(CSCCN2CCOCC2)c1. The third-order valence-electron chi connectivity index (χ3n) is 2.65. The molecule has 0 saturated carbocycles. The lowest BCUT2D eigenvalue weighted by Gasteiger charge is -2.26. The Bertz CT molecular complexity index is 288. The fourth-order valence-electron chi connectivity index (χ4n) is 1.69. The summed E-state index contributed by atoms with van der Waals surface area (Å²) in [6.45, 7) is 5.15. The summed E-state index contributed by atoms with van der Waals surface area (Å²) in [7, 11) is 0. The van der Waals surface area contributed by atoms with Gasteiger partial charge < -0.3 is 4.74 Å². The second-order valence-corrected chi connectivity index (χ2v) is 4.97. The van der Waals surface area contributed by atoms with E-state index >= 15 is 0 Å². The van der Waals surface area contributed by atoms with E-state index in [1.54, 1.807) is 0 Å². The minimum absolute atomic E-state index is 0.896. The molecule has 3 nitrogen and oxygen atoms in total. The Labute approximate surface area is 101 Å². The van der Waals surface area contributed by atoms with Crippen LogP contribution in [0.2, 0.25) is 0 Å². The van der Waals surface area contributed by atoms with Crippen molar-refractivity contribution in [3.05, 3.63) is 30.1 Å². The number of aromatic nitrogens is 1. The quantitative estimate of drug-likeness (QED) is 0.728. The van der Waals surface area contributed by atoms with Gasteiger partial charge in [0.15, 0.2) is 0 Å². The summed E-state index contributed by atoms with van der Waals surface area (Å²) in [5.74, 6) is 2.26. The van der Waals surface area contributed by atoms with E-state index in [4.69, 9.17) is 4.74 Å². The van der Waals surface area contributed by atoms with Crippen LogP contribution in [0.15, 0.2) is 24.5 Å². The van der Waals surface area contributed by atoms with Crippen LogP contribution in [0.5, 0.6) is 0 Å². The van der Waals surface area contributed by atoms with Crippen LogP contribution < -0.4 is 0 Å². The molecule has 0 aromatic carbocycles. The Morgan fingerprint density at radius 3 is 3.00 bits per heavy atom. The first-order chi connectivity index (χ1) is 7.95. The van der Waals surface area contributed by atoms with Gasteiger partial charge in [-0.15, -0.1) is 0 Å². The largest absolute Gasteiger partial charge is 0.379 e. The Balaban J connectivity index is 1.58. The van der Waals surface area contributed by atoms with Crippen molar-refractivity contribution in [1.82, 2.24) is 9.88 Å². The topological polar surface area (TPSA) is 25.4 Å². The number of morpholine rings is 1.